The van der Waals surface area contributed by atoms with E-state index in [2.05, 4.69) is 53.0 Å². The molecule has 27 heavy (non-hydrogen) atoms. The van der Waals surface area contributed by atoms with Crippen LogP contribution in [0.2, 0.25) is 0 Å². The molecule has 0 atom stereocenters. The number of rotatable bonds is 9. The van der Waals surface area contributed by atoms with E-state index in [-0.39, 0.29) is 0 Å². The van der Waals surface area contributed by atoms with Crippen molar-refractivity contribution in [2.75, 3.05) is 20.8 Å². The molecule has 0 aliphatic carbocycles. The Kier molecular flexibility index (Phi) is 6.49. The van der Waals surface area contributed by atoms with Gasteiger partial charge >= 0.3 is 0 Å². The van der Waals surface area contributed by atoms with E-state index in [4.69, 9.17) is 9.47 Å². The summed E-state index contributed by atoms with van der Waals surface area (Å²) in [5, 5.41) is 7.77. The lowest BCUT2D eigenvalue weighted by Gasteiger charge is -2.16. The highest BCUT2D eigenvalue weighted by Gasteiger charge is 2.12. The Bertz CT molecular complexity index is 859. The van der Waals surface area contributed by atoms with Crippen LogP contribution in [0.25, 0.3) is 11.1 Å². The Labute approximate surface area is 160 Å². The van der Waals surface area contributed by atoms with Crippen molar-refractivity contribution in [3.05, 3.63) is 66.0 Å². The van der Waals surface area contributed by atoms with Crippen LogP contribution in [-0.2, 0) is 20.0 Å². The standard InChI is InChI=1S/C22H27N3O2/c1-25-16-17(14-24-25)8-7-11-23-15-19-12-21(26-2)22(27-3)13-20(19)18-9-5-4-6-10-18/h4-6,9-10,12-14,16,23H,7-8,11,15H2,1-3H3. The second-order valence-corrected chi connectivity index (χ2v) is 6.53. The van der Waals surface area contributed by atoms with E-state index < -0.39 is 0 Å². The van der Waals surface area contributed by atoms with Gasteiger partial charge in [-0.2, -0.15) is 5.10 Å². The van der Waals surface area contributed by atoms with Gasteiger partial charge < -0.3 is 14.8 Å². The number of benzene rings is 2. The first-order chi connectivity index (χ1) is 13.2. The topological polar surface area (TPSA) is 48.3 Å². The molecule has 5 heteroatoms. The maximum atomic E-state index is 5.49. The zero-order chi connectivity index (χ0) is 19.1. The Hall–Kier alpha value is -2.79. The van der Waals surface area contributed by atoms with Crippen LogP contribution in [0.1, 0.15) is 17.5 Å². The van der Waals surface area contributed by atoms with Crippen LogP contribution in [-0.4, -0.2) is 30.5 Å². The summed E-state index contributed by atoms with van der Waals surface area (Å²) >= 11 is 0. The molecule has 0 aliphatic heterocycles. The molecule has 0 bridgehead atoms. The molecule has 0 amide bonds. The lowest BCUT2D eigenvalue weighted by atomic mass is 9.98. The molecule has 1 aromatic heterocycles. The van der Waals surface area contributed by atoms with Crippen molar-refractivity contribution in [2.45, 2.75) is 19.4 Å². The predicted molar refractivity (Wildman–Crippen MR) is 108 cm³/mol. The molecule has 142 valence electrons. The van der Waals surface area contributed by atoms with E-state index in [1.807, 2.05) is 24.0 Å². The summed E-state index contributed by atoms with van der Waals surface area (Å²) in [5.74, 6) is 1.50. The van der Waals surface area contributed by atoms with Gasteiger partial charge in [0, 0.05) is 19.8 Å². The first kappa shape index (κ1) is 19.0. The van der Waals surface area contributed by atoms with Gasteiger partial charge in [-0.3, -0.25) is 4.68 Å². The summed E-state index contributed by atoms with van der Waals surface area (Å²) in [6.45, 7) is 1.72. The molecule has 0 aliphatic rings. The first-order valence-electron chi connectivity index (χ1n) is 9.20. The van der Waals surface area contributed by atoms with Crippen molar-refractivity contribution >= 4 is 0 Å². The molecule has 0 radical (unpaired) electrons. The van der Waals surface area contributed by atoms with Crippen molar-refractivity contribution < 1.29 is 9.47 Å². The van der Waals surface area contributed by atoms with Crippen molar-refractivity contribution in [1.29, 1.82) is 0 Å². The van der Waals surface area contributed by atoms with Crippen molar-refractivity contribution in [3.8, 4) is 22.6 Å². The summed E-state index contributed by atoms with van der Waals surface area (Å²) in [7, 11) is 5.29. The van der Waals surface area contributed by atoms with Crippen LogP contribution >= 0.6 is 0 Å². The van der Waals surface area contributed by atoms with Crippen molar-refractivity contribution in [2.24, 2.45) is 7.05 Å². The highest BCUT2D eigenvalue weighted by molar-refractivity contribution is 5.71. The Morgan fingerprint density at radius 2 is 1.78 bits per heavy atom. The molecule has 0 spiro atoms. The third-order valence-electron chi connectivity index (χ3n) is 4.59. The summed E-state index contributed by atoms with van der Waals surface area (Å²) < 4.78 is 12.8. The lowest BCUT2D eigenvalue weighted by molar-refractivity contribution is 0.354. The number of aromatic nitrogens is 2. The van der Waals surface area contributed by atoms with Crippen LogP contribution in [0.5, 0.6) is 11.5 Å². The minimum absolute atomic E-state index is 0.747. The first-order valence-corrected chi connectivity index (χ1v) is 9.20. The van der Waals surface area contributed by atoms with E-state index in [9.17, 15) is 0 Å². The molecule has 2 aromatic carbocycles. The monoisotopic (exact) mass is 365 g/mol. The van der Waals surface area contributed by atoms with Gasteiger partial charge in [-0.1, -0.05) is 30.3 Å². The Morgan fingerprint density at radius 1 is 1.04 bits per heavy atom. The number of ether oxygens (including phenoxy) is 2. The number of aryl methyl sites for hydroxylation is 2. The molecule has 5 nitrogen and oxygen atoms in total. The second-order valence-electron chi connectivity index (χ2n) is 6.53. The van der Waals surface area contributed by atoms with Crippen molar-refractivity contribution in [1.82, 2.24) is 15.1 Å². The van der Waals surface area contributed by atoms with Crippen LogP contribution in [0.4, 0.5) is 0 Å². The minimum atomic E-state index is 0.747. The van der Waals surface area contributed by atoms with Gasteiger partial charge in [0.15, 0.2) is 11.5 Å². The lowest BCUT2D eigenvalue weighted by Crippen LogP contribution is -2.16. The van der Waals surface area contributed by atoms with Gasteiger partial charge in [-0.15, -0.1) is 0 Å². The number of nitrogens with zero attached hydrogens (tertiary/aromatic N) is 2. The fraction of sp³-hybridized carbons (Fsp3) is 0.318. The Balaban J connectivity index is 1.69. The number of nitrogens with one attached hydrogen (secondary N) is 1. The predicted octanol–water partition coefficient (Wildman–Crippen LogP) is 3.83. The van der Waals surface area contributed by atoms with Gasteiger partial charge in [0.25, 0.3) is 0 Å². The second kappa shape index (κ2) is 9.24. The average Bonchev–Trinajstić information content (AvgIpc) is 3.13. The molecular weight excluding hydrogens is 338 g/mol. The van der Waals surface area contributed by atoms with E-state index in [0.717, 1.165) is 43.0 Å². The molecular formula is C22H27N3O2. The molecule has 1 N–H and O–H groups in total. The fourth-order valence-corrected chi connectivity index (χ4v) is 3.20. The van der Waals surface area contributed by atoms with Gasteiger partial charge in [-0.05, 0) is 53.8 Å². The normalized spacial score (nSPS) is 10.8. The molecule has 3 rings (SSSR count). The minimum Gasteiger partial charge on any atom is -0.493 e. The Morgan fingerprint density at radius 3 is 2.44 bits per heavy atom. The maximum Gasteiger partial charge on any atom is 0.161 e. The summed E-state index contributed by atoms with van der Waals surface area (Å²) in [5.41, 5.74) is 4.80. The molecule has 1 heterocycles. The van der Waals surface area contributed by atoms with Gasteiger partial charge in [0.2, 0.25) is 0 Å². The summed E-state index contributed by atoms with van der Waals surface area (Å²) in [4.78, 5) is 0. The average molecular weight is 365 g/mol. The quantitative estimate of drug-likeness (QED) is 0.586. The van der Waals surface area contributed by atoms with Crippen LogP contribution in [0.3, 0.4) is 0 Å². The number of hydrogen-bond donors (Lipinski definition) is 1. The zero-order valence-corrected chi connectivity index (χ0v) is 16.2. The van der Waals surface area contributed by atoms with E-state index in [0.29, 0.717) is 0 Å². The summed E-state index contributed by atoms with van der Waals surface area (Å²) in [6.07, 6.45) is 6.10. The smallest absolute Gasteiger partial charge is 0.161 e. The van der Waals surface area contributed by atoms with E-state index in [1.54, 1.807) is 14.2 Å². The van der Waals surface area contributed by atoms with Crippen LogP contribution < -0.4 is 14.8 Å². The maximum absolute atomic E-state index is 5.49. The highest BCUT2D eigenvalue weighted by atomic mass is 16.5. The van der Waals surface area contributed by atoms with Crippen molar-refractivity contribution in [3.63, 3.8) is 0 Å². The van der Waals surface area contributed by atoms with Gasteiger partial charge in [-0.25, -0.2) is 0 Å². The largest absolute Gasteiger partial charge is 0.493 e. The molecule has 0 saturated carbocycles. The van der Waals surface area contributed by atoms with Gasteiger partial charge in [0.1, 0.15) is 0 Å². The summed E-state index contributed by atoms with van der Waals surface area (Å²) in [6, 6.07) is 14.5. The fourth-order valence-electron chi connectivity index (χ4n) is 3.20. The van der Waals surface area contributed by atoms with E-state index >= 15 is 0 Å². The van der Waals surface area contributed by atoms with Gasteiger partial charge in [0.05, 0.1) is 20.4 Å². The number of methoxy groups -OCH3 is 2. The zero-order valence-electron chi connectivity index (χ0n) is 16.2. The third-order valence-corrected chi connectivity index (χ3v) is 4.59. The molecule has 0 unspecified atom stereocenters. The molecule has 0 saturated heterocycles. The van der Waals surface area contributed by atoms with Crippen LogP contribution in [0.15, 0.2) is 54.9 Å². The highest BCUT2D eigenvalue weighted by Crippen LogP contribution is 2.35. The number of hydrogen-bond acceptors (Lipinski definition) is 4. The van der Waals surface area contributed by atoms with Crippen LogP contribution in [0, 0.1) is 0 Å². The molecule has 3 aromatic rings. The third kappa shape index (κ3) is 4.89. The SMILES string of the molecule is COc1cc(CNCCCc2cnn(C)c2)c(-c2ccccc2)cc1OC. The molecule has 0 fully saturated rings. The van der Waals surface area contributed by atoms with E-state index in [1.165, 1.54) is 16.7 Å².